The number of nitrogens with zero attached hydrogens (tertiary/aromatic N) is 2. The maximum atomic E-state index is 12.6. The molecule has 1 saturated carbocycles. The molecule has 1 aromatic heterocycles. The monoisotopic (exact) mass is 316 g/mol. The molecule has 0 N–H and O–H groups in total. The highest BCUT2D eigenvalue weighted by atomic mass is 79.9. The van der Waals surface area contributed by atoms with Crippen molar-refractivity contribution in [1.82, 2.24) is 9.97 Å². The Morgan fingerprint density at radius 1 is 1.17 bits per heavy atom. The van der Waals surface area contributed by atoms with Crippen molar-refractivity contribution in [2.24, 2.45) is 0 Å². The summed E-state index contributed by atoms with van der Waals surface area (Å²) < 4.78 is 38.5. The number of benzene rings is 1. The Morgan fingerprint density at radius 2 is 1.89 bits per heavy atom. The van der Waals surface area contributed by atoms with Crippen molar-refractivity contribution in [3.8, 4) is 0 Å². The van der Waals surface area contributed by atoms with Crippen molar-refractivity contribution in [1.29, 1.82) is 0 Å². The summed E-state index contributed by atoms with van der Waals surface area (Å²) in [5.74, 6) is 0.939. The van der Waals surface area contributed by atoms with Crippen molar-refractivity contribution in [3.05, 3.63) is 34.2 Å². The molecule has 1 fully saturated rings. The predicted molar refractivity (Wildman–Crippen MR) is 64.2 cm³/mol. The highest BCUT2D eigenvalue weighted by Crippen LogP contribution is 2.40. The summed E-state index contributed by atoms with van der Waals surface area (Å²) in [5, 5.41) is 0.604. The molecule has 94 valence electrons. The average Bonchev–Trinajstić information content (AvgIpc) is 3.10. The van der Waals surface area contributed by atoms with Crippen LogP contribution >= 0.6 is 15.9 Å². The Kier molecular flexibility index (Phi) is 2.59. The fraction of sp³-hybridized carbons (Fsp3) is 0.333. The number of halogens is 4. The average molecular weight is 317 g/mol. The van der Waals surface area contributed by atoms with E-state index in [1.807, 2.05) is 0 Å². The van der Waals surface area contributed by atoms with Gasteiger partial charge in [-0.3, -0.25) is 0 Å². The summed E-state index contributed by atoms with van der Waals surface area (Å²) >= 11 is 3.29. The largest absolute Gasteiger partial charge is 0.416 e. The quantitative estimate of drug-likeness (QED) is 0.733. The minimum absolute atomic E-state index is 0.306. The van der Waals surface area contributed by atoms with Crippen LogP contribution in [-0.4, -0.2) is 9.97 Å². The second-order valence-corrected chi connectivity index (χ2v) is 5.13. The van der Waals surface area contributed by atoms with Crippen LogP contribution in [0.3, 0.4) is 0 Å². The molecule has 2 aromatic rings. The molecule has 6 heteroatoms. The van der Waals surface area contributed by atoms with E-state index < -0.39 is 11.7 Å². The van der Waals surface area contributed by atoms with E-state index in [0.29, 0.717) is 27.2 Å². The number of alkyl halides is 3. The van der Waals surface area contributed by atoms with Gasteiger partial charge in [0.05, 0.1) is 11.1 Å². The molecular formula is C12H8BrF3N2. The molecule has 18 heavy (non-hydrogen) atoms. The van der Waals surface area contributed by atoms with Gasteiger partial charge in [-0.2, -0.15) is 13.2 Å². The topological polar surface area (TPSA) is 25.8 Å². The summed E-state index contributed by atoms with van der Waals surface area (Å²) in [6, 6.07) is 3.53. The lowest BCUT2D eigenvalue weighted by atomic mass is 10.1. The molecule has 0 spiro atoms. The van der Waals surface area contributed by atoms with Crippen LogP contribution < -0.4 is 0 Å². The Balaban J connectivity index is 2.19. The van der Waals surface area contributed by atoms with Crippen molar-refractivity contribution < 1.29 is 13.2 Å². The first-order valence-corrected chi connectivity index (χ1v) is 6.29. The molecule has 0 unspecified atom stereocenters. The third-order valence-corrected chi connectivity index (χ3v) is 3.54. The molecule has 0 bridgehead atoms. The first-order valence-electron chi connectivity index (χ1n) is 5.49. The van der Waals surface area contributed by atoms with Gasteiger partial charge in [-0.1, -0.05) is 0 Å². The lowest BCUT2D eigenvalue weighted by Gasteiger charge is -2.09. The maximum Gasteiger partial charge on any atom is 0.416 e. The van der Waals surface area contributed by atoms with Gasteiger partial charge >= 0.3 is 6.18 Å². The first-order chi connectivity index (χ1) is 8.45. The lowest BCUT2D eigenvalue weighted by Crippen LogP contribution is -2.05. The van der Waals surface area contributed by atoms with Gasteiger partial charge in [0.15, 0.2) is 0 Å². The van der Waals surface area contributed by atoms with Crippen molar-refractivity contribution in [2.45, 2.75) is 24.9 Å². The molecule has 0 radical (unpaired) electrons. The molecule has 0 atom stereocenters. The van der Waals surface area contributed by atoms with E-state index in [4.69, 9.17) is 0 Å². The smallest absolute Gasteiger partial charge is 0.233 e. The van der Waals surface area contributed by atoms with Crippen molar-refractivity contribution in [3.63, 3.8) is 0 Å². The molecule has 3 rings (SSSR count). The summed E-state index contributed by atoms with van der Waals surface area (Å²) in [6.07, 6.45) is -2.32. The summed E-state index contributed by atoms with van der Waals surface area (Å²) in [7, 11) is 0. The highest BCUT2D eigenvalue weighted by Gasteiger charge is 2.31. The zero-order valence-corrected chi connectivity index (χ0v) is 10.7. The van der Waals surface area contributed by atoms with E-state index in [1.165, 1.54) is 6.07 Å². The van der Waals surface area contributed by atoms with E-state index >= 15 is 0 Å². The minimum atomic E-state index is -4.34. The van der Waals surface area contributed by atoms with Crippen molar-refractivity contribution >= 4 is 26.8 Å². The van der Waals surface area contributed by atoms with Crippen LogP contribution in [0, 0.1) is 0 Å². The van der Waals surface area contributed by atoms with E-state index in [1.54, 1.807) is 0 Å². The summed E-state index contributed by atoms with van der Waals surface area (Å²) in [4.78, 5) is 8.51. The zero-order valence-electron chi connectivity index (χ0n) is 9.13. The molecule has 0 aliphatic heterocycles. The van der Waals surface area contributed by atoms with E-state index in [0.717, 1.165) is 25.0 Å². The van der Waals surface area contributed by atoms with Gasteiger partial charge in [0, 0.05) is 11.3 Å². The lowest BCUT2D eigenvalue weighted by molar-refractivity contribution is -0.137. The predicted octanol–water partition coefficient (Wildman–Crippen LogP) is 4.29. The van der Waals surface area contributed by atoms with Gasteiger partial charge in [0.25, 0.3) is 0 Å². The van der Waals surface area contributed by atoms with Crippen LogP contribution in [0.1, 0.15) is 30.1 Å². The van der Waals surface area contributed by atoms with E-state index in [2.05, 4.69) is 25.9 Å². The third kappa shape index (κ3) is 2.09. The second kappa shape index (κ2) is 3.91. The van der Waals surface area contributed by atoms with Crippen LogP contribution in [0.5, 0.6) is 0 Å². The van der Waals surface area contributed by atoms with Crippen LogP contribution in [0.2, 0.25) is 0 Å². The summed E-state index contributed by atoms with van der Waals surface area (Å²) in [5.41, 5.74) is -0.337. The molecule has 0 amide bonds. The van der Waals surface area contributed by atoms with Crippen molar-refractivity contribution in [2.75, 3.05) is 0 Å². The Bertz CT molecular complexity index is 620. The first kappa shape index (κ1) is 11.9. The second-order valence-electron chi connectivity index (χ2n) is 4.38. The summed E-state index contributed by atoms with van der Waals surface area (Å²) in [6.45, 7) is 0. The van der Waals surface area contributed by atoms with Gasteiger partial charge in [-0.25, -0.2) is 9.97 Å². The van der Waals surface area contributed by atoms with Gasteiger partial charge in [-0.15, -0.1) is 0 Å². The van der Waals surface area contributed by atoms with Gasteiger partial charge in [0.1, 0.15) is 10.4 Å². The van der Waals surface area contributed by atoms with E-state index in [9.17, 15) is 13.2 Å². The van der Waals surface area contributed by atoms with Gasteiger partial charge < -0.3 is 0 Å². The Labute approximate surface area is 109 Å². The minimum Gasteiger partial charge on any atom is -0.233 e. The van der Waals surface area contributed by atoms with Crippen LogP contribution in [0.25, 0.3) is 10.9 Å². The number of hydrogen-bond acceptors (Lipinski definition) is 2. The fourth-order valence-corrected chi connectivity index (χ4v) is 2.33. The third-order valence-electron chi connectivity index (χ3n) is 2.94. The number of fused-ring (bicyclic) bond motifs is 1. The van der Waals surface area contributed by atoms with Gasteiger partial charge in [0.2, 0.25) is 0 Å². The molecule has 1 aliphatic rings. The molecule has 1 aromatic carbocycles. The van der Waals surface area contributed by atoms with Gasteiger partial charge in [-0.05, 0) is 47.0 Å². The molecule has 2 nitrogen and oxygen atoms in total. The maximum absolute atomic E-state index is 12.6. The SMILES string of the molecule is FC(F)(F)c1ccc2c(Br)nc(C3CC3)nc2c1. The Hall–Kier alpha value is -1.17. The Morgan fingerprint density at radius 3 is 2.50 bits per heavy atom. The zero-order chi connectivity index (χ0) is 12.9. The standard InChI is InChI=1S/C12H8BrF3N2/c13-10-8-4-3-7(12(14,15)16)5-9(8)17-11(18-10)6-1-2-6/h3-6H,1-2H2. The van der Waals surface area contributed by atoms with Crippen LogP contribution in [0.15, 0.2) is 22.8 Å². The fourth-order valence-electron chi connectivity index (χ4n) is 1.81. The molecule has 1 heterocycles. The van der Waals surface area contributed by atoms with Crippen LogP contribution in [0.4, 0.5) is 13.2 Å². The number of aromatic nitrogens is 2. The number of hydrogen-bond donors (Lipinski definition) is 0. The molecule has 1 aliphatic carbocycles. The highest BCUT2D eigenvalue weighted by molar-refractivity contribution is 9.10. The van der Waals surface area contributed by atoms with Crippen LogP contribution in [-0.2, 0) is 6.18 Å². The van der Waals surface area contributed by atoms with E-state index in [-0.39, 0.29) is 0 Å². The normalized spacial score (nSPS) is 16.2. The molecular weight excluding hydrogens is 309 g/mol. The number of rotatable bonds is 1. The molecule has 0 saturated heterocycles.